The molecule has 0 aliphatic rings. The molecule has 0 saturated carbocycles. The van der Waals surface area contributed by atoms with E-state index in [0.29, 0.717) is 22.3 Å². The van der Waals surface area contributed by atoms with E-state index in [9.17, 15) is 9.59 Å². The monoisotopic (exact) mass is 383 g/mol. The molecule has 7 heteroatoms. The first-order valence-electron chi connectivity index (χ1n) is 6.40. The highest BCUT2D eigenvalue weighted by Gasteiger charge is 2.14. The van der Waals surface area contributed by atoms with Crippen LogP contribution in [-0.4, -0.2) is 25.6 Å². The van der Waals surface area contributed by atoms with Crippen LogP contribution in [0.15, 0.2) is 40.2 Å². The standard InChI is InChI=1S/C15H14BrNO4S/c1-20-10-4-5-13(16)12(7-10)15(19)21-9-14(18)17-8-11-3-2-6-22-11/h2-7H,8-9H2,1H3,(H,17,18). The van der Waals surface area contributed by atoms with Crippen LogP contribution in [0.25, 0.3) is 0 Å². The SMILES string of the molecule is COc1ccc(Br)c(C(=O)OCC(=O)NCc2cccs2)c1. The van der Waals surface area contributed by atoms with Gasteiger partial charge in [0, 0.05) is 9.35 Å². The van der Waals surface area contributed by atoms with Crippen LogP contribution in [0.3, 0.4) is 0 Å². The van der Waals surface area contributed by atoms with Crippen LogP contribution in [0, 0.1) is 0 Å². The Bertz CT molecular complexity index is 658. The number of esters is 1. The van der Waals surface area contributed by atoms with Crippen molar-refractivity contribution in [3.05, 3.63) is 50.6 Å². The maximum Gasteiger partial charge on any atom is 0.339 e. The fraction of sp³-hybridized carbons (Fsp3) is 0.200. The van der Waals surface area contributed by atoms with E-state index < -0.39 is 5.97 Å². The fourth-order valence-corrected chi connectivity index (χ4v) is 2.70. The molecule has 1 heterocycles. The number of nitrogens with one attached hydrogen (secondary N) is 1. The van der Waals surface area contributed by atoms with E-state index in [-0.39, 0.29) is 12.5 Å². The summed E-state index contributed by atoms with van der Waals surface area (Å²) in [5.41, 5.74) is 0.311. The van der Waals surface area contributed by atoms with Gasteiger partial charge < -0.3 is 14.8 Å². The number of carbonyl (C=O) groups excluding carboxylic acids is 2. The molecule has 0 unspecified atom stereocenters. The molecule has 0 spiro atoms. The number of methoxy groups -OCH3 is 1. The van der Waals surface area contributed by atoms with Gasteiger partial charge in [0.05, 0.1) is 19.2 Å². The van der Waals surface area contributed by atoms with Crippen molar-refractivity contribution in [3.8, 4) is 5.75 Å². The minimum Gasteiger partial charge on any atom is -0.497 e. The zero-order valence-corrected chi connectivity index (χ0v) is 14.2. The fourth-order valence-electron chi connectivity index (χ4n) is 1.65. The Hall–Kier alpha value is -1.86. The lowest BCUT2D eigenvalue weighted by Gasteiger charge is -2.08. The number of thiophene rings is 1. The van der Waals surface area contributed by atoms with Gasteiger partial charge in [0.15, 0.2) is 6.61 Å². The largest absolute Gasteiger partial charge is 0.497 e. The van der Waals surface area contributed by atoms with Crippen molar-refractivity contribution in [2.75, 3.05) is 13.7 Å². The van der Waals surface area contributed by atoms with E-state index in [1.54, 1.807) is 29.5 Å². The lowest BCUT2D eigenvalue weighted by atomic mass is 10.2. The molecule has 0 aliphatic heterocycles. The molecule has 0 radical (unpaired) electrons. The molecule has 22 heavy (non-hydrogen) atoms. The van der Waals surface area contributed by atoms with Gasteiger partial charge in [0.1, 0.15) is 5.75 Å². The normalized spacial score (nSPS) is 10.1. The Morgan fingerprint density at radius 1 is 1.32 bits per heavy atom. The van der Waals surface area contributed by atoms with Crippen molar-refractivity contribution in [1.82, 2.24) is 5.32 Å². The van der Waals surface area contributed by atoms with Crippen molar-refractivity contribution >= 4 is 39.1 Å². The first-order chi connectivity index (χ1) is 10.6. The molecule has 0 fully saturated rings. The van der Waals surface area contributed by atoms with Gasteiger partial charge in [-0.05, 0) is 45.6 Å². The second-order valence-corrected chi connectivity index (χ2v) is 6.16. The minimum absolute atomic E-state index is 0.311. The molecule has 0 atom stereocenters. The number of amides is 1. The number of rotatable bonds is 6. The topological polar surface area (TPSA) is 64.6 Å². The van der Waals surface area contributed by atoms with Gasteiger partial charge in [-0.2, -0.15) is 0 Å². The lowest BCUT2D eigenvalue weighted by molar-refractivity contribution is -0.124. The molecule has 5 nitrogen and oxygen atoms in total. The predicted octanol–water partition coefficient (Wildman–Crippen LogP) is 2.99. The Morgan fingerprint density at radius 2 is 2.14 bits per heavy atom. The molecule has 1 N–H and O–H groups in total. The van der Waals surface area contributed by atoms with E-state index in [1.807, 2.05) is 17.5 Å². The number of halogens is 1. The van der Waals surface area contributed by atoms with E-state index in [1.165, 1.54) is 7.11 Å². The highest BCUT2D eigenvalue weighted by atomic mass is 79.9. The molecule has 1 amide bonds. The molecule has 0 bridgehead atoms. The molecule has 1 aromatic heterocycles. The average Bonchev–Trinajstić information content (AvgIpc) is 3.04. The smallest absolute Gasteiger partial charge is 0.339 e. The summed E-state index contributed by atoms with van der Waals surface area (Å²) >= 11 is 4.82. The van der Waals surface area contributed by atoms with Crippen molar-refractivity contribution in [2.45, 2.75) is 6.54 Å². The maximum absolute atomic E-state index is 12.0. The third kappa shape index (κ3) is 4.57. The highest BCUT2D eigenvalue weighted by molar-refractivity contribution is 9.10. The van der Waals surface area contributed by atoms with Crippen LogP contribution in [0.2, 0.25) is 0 Å². The van der Waals surface area contributed by atoms with E-state index >= 15 is 0 Å². The van der Waals surface area contributed by atoms with E-state index in [0.717, 1.165) is 4.88 Å². The average molecular weight is 384 g/mol. The molecule has 116 valence electrons. The summed E-state index contributed by atoms with van der Waals surface area (Å²) in [4.78, 5) is 24.7. The Kier molecular flexibility index (Phi) is 5.97. The van der Waals surface area contributed by atoms with Gasteiger partial charge in [0.2, 0.25) is 0 Å². The number of hydrogen-bond donors (Lipinski definition) is 1. The molecule has 0 aliphatic carbocycles. The molecular weight excluding hydrogens is 370 g/mol. The van der Waals surface area contributed by atoms with Gasteiger partial charge in [-0.1, -0.05) is 6.07 Å². The van der Waals surface area contributed by atoms with E-state index in [2.05, 4.69) is 21.2 Å². The zero-order valence-electron chi connectivity index (χ0n) is 11.8. The van der Waals surface area contributed by atoms with Gasteiger partial charge in [-0.3, -0.25) is 4.79 Å². The van der Waals surface area contributed by atoms with Crippen LogP contribution in [0.4, 0.5) is 0 Å². The van der Waals surface area contributed by atoms with Crippen LogP contribution in [-0.2, 0) is 16.1 Å². The Balaban J connectivity index is 1.85. The number of ether oxygens (including phenoxy) is 2. The number of hydrogen-bond acceptors (Lipinski definition) is 5. The van der Waals surface area contributed by atoms with Gasteiger partial charge in [-0.15, -0.1) is 11.3 Å². The first kappa shape index (κ1) is 16.5. The van der Waals surface area contributed by atoms with Crippen molar-refractivity contribution < 1.29 is 19.1 Å². The second-order valence-electron chi connectivity index (χ2n) is 4.28. The summed E-state index contributed by atoms with van der Waals surface area (Å²) in [6, 6.07) is 8.79. The third-order valence-electron chi connectivity index (χ3n) is 2.77. The molecule has 2 rings (SSSR count). The summed E-state index contributed by atoms with van der Waals surface area (Å²) in [5.74, 6) is -0.393. The van der Waals surface area contributed by atoms with Crippen molar-refractivity contribution in [1.29, 1.82) is 0 Å². The summed E-state index contributed by atoms with van der Waals surface area (Å²) in [6.45, 7) is 0.102. The van der Waals surface area contributed by atoms with Gasteiger partial charge >= 0.3 is 5.97 Å². The summed E-state index contributed by atoms with van der Waals surface area (Å²) in [6.07, 6.45) is 0. The van der Waals surface area contributed by atoms with E-state index in [4.69, 9.17) is 9.47 Å². The quantitative estimate of drug-likeness (QED) is 0.778. The molecule has 2 aromatic rings. The van der Waals surface area contributed by atoms with Crippen LogP contribution in [0.5, 0.6) is 5.75 Å². The van der Waals surface area contributed by atoms with Crippen LogP contribution in [0.1, 0.15) is 15.2 Å². The van der Waals surface area contributed by atoms with Crippen LogP contribution < -0.4 is 10.1 Å². The molecule has 0 saturated heterocycles. The highest BCUT2D eigenvalue weighted by Crippen LogP contribution is 2.23. The molecule has 1 aromatic carbocycles. The Labute approximate surface area is 140 Å². The van der Waals surface area contributed by atoms with Crippen molar-refractivity contribution in [2.24, 2.45) is 0 Å². The van der Waals surface area contributed by atoms with Gasteiger partial charge in [0.25, 0.3) is 5.91 Å². The second kappa shape index (κ2) is 7.95. The first-order valence-corrected chi connectivity index (χ1v) is 8.07. The molecular formula is C15H14BrNO4S. The van der Waals surface area contributed by atoms with Crippen LogP contribution >= 0.6 is 27.3 Å². The van der Waals surface area contributed by atoms with Crippen molar-refractivity contribution in [3.63, 3.8) is 0 Å². The Morgan fingerprint density at radius 3 is 2.82 bits per heavy atom. The summed E-state index contributed by atoms with van der Waals surface area (Å²) in [5, 5.41) is 4.62. The maximum atomic E-state index is 12.0. The zero-order chi connectivity index (χ0) is 15.9. The number of carbonyl (C=O) groups is 2. The van der Waals surface area contributed by atoms with Gasteiger partial charge in [-0.25, -0.2) is 4.79 Å². The predicted molar refractivity (Wildman–Crippen MR) is 87.1 cm³/mol. The summed E-state index contributed by atoms with van der Waals surface area (Å²) in [7, 11) is 1.51. The number of benzene rings is 1. The minimum atomic E-state index is -0.586. The third-order valence-corrected chi connectivity index (χ3v) is 4.34. The lowest BCUT2D eigenvalue weighted by Crippen LogP contribution is -2.28. The summed E-state index contributed by atoms with van der Waals surface area (Å²) < 4.78 is 10.6.